The van der Waals surface area contributed by atoms with Gasteiger partial charge in [0, 0.05) is 13.5 Å². The van der Waals surface area contributed by atoms with E-state index < -0.39 is 5.60 Å². The van der Waals surface area contributed by atoms with Crippen LogP contribution in [0.2, 0.25) is 0 Å². The third-order valence-corrected chi connectivity index (χ3v) is 4.18. The van der Waals surface area contributed by atoms with E-state index in [0.29, 0.717) is 18.1 Å². The molecule has 0 bridgehead atoms. The Morgan fingerprint density at radius 3 is 2.59 bits per heavy atom. The molecular weight excluding hydrogens is 284 g/mol. The maximum Gasteiger partial charge on any atom is 0.315 e. The average Bonchev–Trinajstić information content (AvgIpc) is 2.80. The fourth-order valence-corrected chi connectivity index (χ4v) is 2.82. The van der Waals surface area contributed by atoms with Crippen molar-refractivity contribution in [2.75, 3.05) is 6.54 Å². The van der Waals surface area contributed by atoms with E-state index in [1.807, 2.05) is 6.92 Å². The van der Waals surface area contributed by atoms with Crippen molar-refractivity contribution in [3.63, 3.8) is 0 Å². The summed E-state index contributed by atoms with van der Waals surface area (Å²) in [5.74, 6) is 0.951. The quantitative estimate of drug-likeness (QED) is 0.724. The highest BCUT2D eigenvalue weighted by Crippen LogP contribution is 2.26. The van der Waals surface area contributed by atoms with E-state index in [4.69, 9.17) is 4.52 Å². The van der Waals surface area contributed by atoms with Gasteiger partial charge in [-0.05, 0) is 19.3 Å². The number of aryl methyl sites for hydroxylation is 1. The molecule has 1 aromatic rings. The van der Waals surface area contributed by atoms with Crippen LogP contribution in [0.5, 0.6) is 0 Å². The first-order chi connectivity index (χ1) is 10.5. The van der Waals surface area contributed by atoms with Gasteiger partial charge in [-0.3, -0.25) is 0 Å². The summed E-state index contributed by atoms with van der Waals surface area (Å²) in [7, 11) is 0. The van der Waals surface area contributed by atoms with E-state index in [0.717, 1.165) is 38.5 Å². The molecule has 1 saturated carbocycles. The average molecular weight is 310 g/mol. The number of aromatic nitrogens is 2. The minimum Gasteiger partial charge on any atom is -0.388 e. The third kappa shape index (κ3) is 4.69. The van der Waals surface area contributed by atoms with Crippen molar-refractivity contribution >= 4 is 6.03 Å². The molecule has 1 aliphatic carbocycles. The zero-order valence-electron chi connectivity index (χ0n) is 13.4. The van der Waals surface area contributed by atoms with Crippen LogP contribution in [0.25, 0.3) is 0 Å². The Morgan fingerprint density at radius 1 is 1.36 bits per heavy atom. The van der Waals surface area contributed by atoms with E-state index in [9.17, 15) is 9.90 Å². The van der Waals surface area contributed by atoms with Crippen LogP contribution in [0, 0.1) is 6.92 Å². The highest BCUT2D eigenvalue weighted by Gasteiger charge is 2.28. The Balaban J connectivity index is 1.83. The normalized spacial score (nSPS) is 19.2. The fraction of sp³-hybridized carbons (Fsp3) is 0.800. The number of aliphatic hydroxyl groups is 1. The van der Waals surface area contributed by atoms with Gasteiger partial charge in [0.1, 0.15) is 0 Å². The van der Waals surface area contributed by atoms with Crippen LogP contribution in [0.3, 0.4) is 0 Å². The lowest BCUT2D eigenvalue weighted by Gasteiger charge is -2.27. The lowest BCUT2D eigenvalue weighted by atomic mass is 9.94. The van der Waals surface area contributed by atoms with Crippen LogP contribution in [0.1, 0.15) is 69.6 Å². The number of rotatable bonds is 5. The monoisotopic (exact) mass is 310 g/mol. The van der Waals surface area contributed by atoms with Crippen molar-refractivity contribution in [2.45, 2.75) is 70.4 Å². The Hall–Kier alpha value is -1.63. The zero-order valence-corrected chi connectivity index (χ0v) is 13.4. The summed E-state index contributed by atoms with van der Waals surface area (Å²) in [6.07, 6.45) is 6.49. The van der Waals surface area contributed by atoms with Crippen LogP contribution in [0.4, 0.5) is 4.79 Å². The first kappa shape index (κ1) is 16.7. The molecule has 2 amide bonds. The summed E-state index contributed by atoms with van der Waals surface area (Å²) in [6.45, 7) is 3.93. The molecule has 22 heavy (non-hydrogen) atoms. The summed E-state index contributed by atoms with van der Waals surface area (Å²) in [4.78, 5) is 16.2. The first-order valence-electron chi connectivity index (χ1n) is 8.09. The van der Waals surface area contributed by atoms with Crippen LogP contribution in [-0.2, 0) is 0 Å². The van der Waals surface area contributed by atoms with Crippen molar-refractivity contribution in [2.24, 2.45) is 0 Å². The van der Waals surface area contributed by atoms with E-state index in [1.165, 1.54) is 0 Å². The van der Waals surface area contributed by atoms with Gasteiger partial charge in [0.15, 0.2) is 5.82 Å². The highest BCUT2D eigenvalue weighted by atomic mass is 16.5. The van der Waals surface area contributed by atoms with Crippen LogP contribution < -0.4 is 10.6 Å². The molecule has 124 valence electrons. The zero-order chi connectivity index (χ0) is 16.0. The Labute approximate surface area is 130 Å². The third-order valence-electron chi connectivity index (χ3n) is 4.18. The number of amides is 2. The second-order valence-electron chi connectivity index (χ2n) is 6.10. The molecular formula is C15H26N4O3. The summed E-state index contributed by atoms with van der Waals surface area (Å²) in [5.41, 5.74) is -0.779. The number of carbonyl (C=O) groups is 1. The number of urea groups is 1. The molecule has 2 rings (SSSR count). The van der Waals surface area contributed by atoms with Crippen LogP contribution in [0.15, 0.2) is 4.52 Å². The fourth-order valence-electron chi connectivity index (χ4n) is 2.82. The minimum absolute atomic E-state index is 0.278. The molecule has 3 N–H and O–H groups in total. The molecule has 1 fully saturated rings. The van der Waals surface area contributed by atoms with E-state index in [2.05, 4.69) is 20.8 Å². The van der Waals surface area contributed by atoms with Gasteiger partial charge >= 0.3 is 6.03 Å². The molecule has 1 aromatic heterocycles. The molecule has 1 atom stereocenters. The van der Waals surface area contributed by atoms with Gasteiger partial charge in [-0.15, -0.1) is 0 Å². The van der Waals surface area contributed by atoms with Crippen molar-refractivity contribution in [1.82, 2.24) is 20.8 Å². The molecule has 1 heterocycles. The van der Waals surface area contributed by atoms with E-state index >= 15 is 0 Å². The minimum atomic E-state index is -0.779. The Morgan fingerprint density at radius 2 is 2.05 bits per heavy atom. The van der Waals surface area contributed by atoms with Crippen LogP contribution >= 0.6 is 0 Å². The second kappa shape index (κ2) is 7.58. The largest absolute Gasteiger partial charge is 0.388 e. The Kier molecular flexibility index (Phi) is 5.76. The van der Waals surface area contributed by atoms with Crippen molar-refractivity contribution < 1.29 is 14.4 Å². The standard InChI is InChI=1S/C15H26N4O3/c1-3-12(13-17-11(2)22-19-13)18-14(20)16-10-15(21)8-6-4-5-7-9-15/h12,21H,3-10H2,1-2H3,(H2,16,18,20). The number of hydrogen-bond acceptors (Lipinski definition) is 5. The molecule has 0 aromatic carbocycles. The van der Waals surface area contributed by atoms with E-state index in [1.54, 1.807) is 6.92 Å². The lowest BCUT2D eigenvalue weighted by molar-refractivity contribution is 0.0276. The van der Waals surface area contributed by atoms with Crippen LogP contribution in [-0.4, -0.2) is 33.4 Å². The van der Waals surface area contributed by atoms with Gasteiger partial charge in [0.05, 0.1) is 11.6 Å². The van der Waals surface area contributed by atoms with Gasteiger partial charge in [-0.1, -0.05) is 37.8 Å². The van der Waals surface area contributed by atoms with Gasteiger partial charge in [-0.25, -0.2) is 4.79 Å². The van der Waals surface area contributed by atoms with E-state index in [-0.39, 0.29) is 18.6 Å². The predicted molar refractivity (Wildman–Crippen MR) is 81.3 cm³/mol. The molecule has 7 heteroatoms. The summed E-state index contributed by atoms with van der Waals surface area (Å²) in [5, 5.41) is 20.0. The molecule has 1 unspecified atom stereocenters. The number of carbonyl (C=O) groups excluding carboxylic acids is 1. The van der Waals surface area contributed by atoms with Gasteiger partial charge in [0.2, 0.25) is 5.89 Å². The molecule has 1 aliphatic rings. The molecule has 0 saturated heterocycles. The maximum atomic E-state index is 12.0. The number of hydrogen-bond donors (Lipinski definition) is 3. The summed E-state index contributed by atoms with van der Waals surface area (Å²) >= 11 is 0. The predicted octanol–water partition coefficient (Wildman–Crippen LogP) is 2.21. The first-order valence-corrected chi connectivity index (χ1v) is 8.09. The van der Waals surface area contributed by atoms with Crippen molar-refractivity contribution in [3.05, 3.63) is 11.7 Å². The highest BCUT2D eigenvalue weighted by molar-refractivity contribution is 5.74. The SMILES string of the molecule is CCC(NC(=O)NCC1(O)CCCCCC1)c1noc(C)n1. The smallest absolute Gasteiger partial charge is 0.315 e. The maximum absolute atomic E-state index is 12.0. The van der Waals surface area contributed by atoms with Gasteiger partial charge < -0.3 is 20.3 Å². The Bertz CT molecular complexity index is 481. The topological polar surface area (TPSA) is 100 Å². The second-order valence-corrected chi connectivity index (χ2v) is 6.10. The number of nitrogens with one attached hydrogen (secondary N) is 2. The number of nitrogens with zero attached hydrogens (tertiary/aromatic N) is 2. The molecule has 0 spiro atoms. The van der Waals surface area contributed by atoms with Gasteiger partial charge in [-0.2, -0.15) is 4.98 Å². The van der Waals surface area contributed by atoms with Crippen molar-refractivity contribution in [3.8, 4) is 0 Å². The van der Waals surface area contributed by atoms with Crippen molar-refractivity contribution in [1.29, 1.82) is 0 Å². The van der Waals surface area contributed by atoms with Gasteiger partial charge in [0.25, 0.3) is 0 Å². The summed E-state index contributed by atoms with van der Waals surface area (Å²) in [6, 6.07) is -0.604. The molecule has 0 aliphatic heterocycles. The molecule has 0 radical (unpaired) electrons. The molecule has 7 nitrogen and oxygen atoms in total. The summed E-state index contributed by atoms with van der Waals surface area (Å²) < 4.78 is 4.94. The lowest BCUT2D eigenvalue weighted by Crippen LogP contribution is -2.47.